The molecule has 0 aliphatic heterocycles. The zero-order valence-electron chi connectivity index (χ0n) is 17.7. The molecule has 2 bridgehead atoms. The molecule has 1 fully saturated rings. The number of hydrogen-bond acceptors (Lipinski definition) is 7. The predicted molar refractivity (Wildman–Crippen MR) is 118 cm³/mol. The molecule has 2 aromatic heterocycles. The molecule has 2 heterocycles. The first-order valence-electron chi connectivity index (χ1n) is 10.3. The van der Waals surface area contributed by atoms with Crippen LogP contribution in [0.2, 0.25) is 0 Å². The normalized spacial score (nSPS) is 23.8. The lowest BCUT2D eigenvalue weighted by Crippen LogP contribution is -2.43. The standard InChI is InChI=1S/C22H25N7O2/c1-29(2)21(30)16-12-7-8-13(9-12)17(16)26-20-18-19(24-11-23-18)27-22(28-20)25-14-5-4-6-15(10-14)31-3/h4-8,10-13,16-17H,9H2,1-3H3,(H3,23,24,25,26,27,28). The van der Waals surface area contributed by atoms with Gasteiger partial charge in [-0.3, -0.25) is 4.79 Å². The van der Waals surface area contributed by atoms with Crippen molar-refractivity contribution >= 4 is 34.5 Å². The van der Waals surface area contributed by atoms with Crippen LogP contribution >= 0.6 is 0 Å². The number of methoxy groups -OCH3 is 1. The molecule has 9 nitrogen and oxygen atoms in total. The zero-order valence-corrected chi connectivity index (χ0v) is 17.7. The molecule has 2 aliphatic carbocycles. The van der Waals surface area contributed by atoms with Crippen molar-refractivity contribution in [2.45, 2.75) is 12.5 Å². The van der Waals surface area contributed by atoms with Crippen LogP contribution in [0.5, 0.6) is 5.75 Å². The molecule has 3 N–H and O–H groups in total. The van der Waals surface area contributed by atoms with Gasteiger partial charge >= 0.3 is 0 Å². The smallest absolute Gasteiger partial charge is 0.231 e. The Morgan fingerprint density at radius 2 is 2.06 bits per heavy atom. The van der Waals surface area contributed by atoms with E-state index in [0.717, 1.165) is 23.4 Å². The fourth-order valence-electron chi connectivity index (χ4n) is 4.64. The molecule has 5 rings (SSSR count). The van der Waals surface area contributed by atoms with Gasteiger partial charge in [-0.2, -0.15) is 9.97 Å². The number of hydrogen-bond donors (Lipinski definition) is 3. The third kappa shape index (κ3) is 3.45. The summed E-state index contributed by atoms with van der Waals surface area (Å²) in [4.78, 5) is 31.2. The first-order valence-corrected chi connectivity index (χ1v) is 10.3. The van der Waals surface area contributed by atoms with Crippen LogP contribution in [0.3, 0.4) is 0 Å². The van der Waals surface area contributed by atoms with E-state index in [0.29, 0.717) is 23.3 Å². The summed E-state index contributed by atoms with van der Waals surface area (Å²) in [5.41, 5.74) is 2.08. The molecule has 31 heavy (non-hydrogen) atoms. The quantitative estimate of drug-likeness (QED) is 0.527. The van der Waals surface area contributed by atoms with Crippen molar-refractivity contribution in [3.8, 4) is 5.75 Å². The summed E-state index contributed by atoms with van der Waals surface area (Å²) < 4.78 is 5.29. The molecular formula is C22H25N7O2. The van der Waals surface area contributed by atoms with E-state index in [9.17, 15) is 4.79 Å². The summed E-state index contributed by atoms with van der Waals surface area (Å²) in [6.07, 6.45) is 6.97. The third-order valence-electron chi connectivity index (χ3n) is 6.10. The van der Waals surface area contributed by atoms with E-state index >= 15 is 0 Å². The van der Waals surface area contributed by atoms with Crippen LogP contribution in [0.4, 0.5) is 17.5 Å². The van der Waals surface area contributed by atoms with Crippen molar-refractivity contribution in [1.29, 1.82) is 0 Å². The summed E-state index contributed by atoms with van der Waals surface area (Å²) in [5, 5.41) is 6.78. The summed E-state index contributed by atoms with van der Waals surface area (Å²) in [6, 6.07) is 7.53. The number of imidazole rings is 1. The maximum absolute atomic E-state index is 12.9. The Bertz CT molecular complexity index is 1160. The number of aromatic amines is 1. The highest BCUT2D eigenvalue weighted by Gasteiger charge is 2.49. The van der Waals surface area contributed by atoms with Gasteiger partial charge in [0.2, 0.25) is 11.9 Å². The number of nitrogens with one attached hydrogen (secondary N) is 3. The number of carbonyl (C=O) groups excluding carboxylic acids is 1. The Labute approximate surface area is 179 Å². The van der Waals surface area contributed by atoms with Gasteiger partial charge in [-0.1, -0.05) is 18.2 Å². The van der Waals surface area contributed by atoms with Crippen molar-refractivity contribution in [3.05, 3.63) is 42.7 Å². The molecule has 9 heteroatoms. The number of H-pyrrole nitrogens is 1. The summed E-state index contributed by atoms with van der Waals surface area (Å²) in [6.45, 7) is 0. The molecule has 4 unspecified atom stereocenters. The number of nitrogens with zero attached hydrogens (tertiary/aromatic N) is 4. The minimum atomic E-state index is -0.118. The first-order chi connectivity index (χ1) is 15.0. The molecule has 1 amide bonds. The lowest BCUT2D eigenvalue weighted by Gasteiger charge is -2.30. The van der Waals surface area contributed by atoms with Crippen LogP contribution in [0.1, 0.15) is 6.42 Å². The fourth-order valence-corrected chi connectivity index (χ4v) is 4.64. The number of rotatable bonds is 6. The van der Waals surface area contributed by atoms with E-state index in [4.69, 9.17) is 9.72 Å². The zero-order chi connectivity index (χ0) is 21.5. The van der Waals surface area contributed by atoms with Crippen LogP contribution in [0, 0.1) is 17.8 Å². The molecule has 2 aliphatic rings. The van der Waals surface area contributed by atoms with E-state index in [2.05, 4.69) is 37.7 Å². The summed E-state index contributed by atoms with van der Waals surface area (Å²) >= 11 is 0. The number of fused-ring (bicyclic) bond motifs is 3. The van der Waals surface area contributed by atoms with Crippen molar-refractivity contribution < 1.29 is 9.53 Å². The Hall–Kier alpha value is -3.62. The summed E-state index contributed by atoms with van der Waals surface area (Å²) in [7, 11) is 5.24. The van der Waals surface area contributed by atoms with Gasteiger partial charge in [0.15, 0.2) is 11.5 Å². The van der Waals surface area contributed by atoms with Gasteiger partial charge in [0.05, 0.1) is 19.4 Å². The Morgan fingerprint density at radius 3 is 2.87 bits per heavy atom. The number of amides is 1. The molecule has 3 aromatic rings. The lowest BCUT2D eigenvalue weighted by molar-refractivity contribution is -0.133. The molecule has 1 saturated carbocycles. The monoisotopic (exact) mass is 419 g/mol. The van der Waals surface area contributed by atoms with Crippen molar-refractivity contribution in [1.82, 2.24) is 24.8 Å². The van der Waals surface area contributed by atoms with E-state index in [-0.39, 0.29) is 23.8 Å². The molecular weight excluding hydrogens is 394 g/mol. The van der Waals surface area contributed by atoms with Crippen molar-refractivity contribution in [3.63, 3.8) is 0 Å². The SMILES string of the molecule is COc1cccc(Nc2nc(NC3C4C=CC(C4)C3C(=O)N(C)C)c3[nH]cnc3n2)c1. The molecule has 160 valence electrons. The van der Waals surface area contributed by atoms with Gasteiger partial charge in [0, 0.05) is 31.9 Å². The number of ether oxygens (including phenoxy) is 1. The van der Waals surface area contributed by atoms with Gasteiger partial charge in [-0.25, -0.2) is 4.98 Å². The Morgan fingerprint density at radius 1 is 1.23 bits per heavy atom. The van der Waals surface area contributed by atoms with Gasteiger partial charge in [0.25, 0.3) is 0 Å². The van der Waals surface area contributed by atoms with Gasteiger partial charge in [-0.05, 0) is 30.4 Å². The number of allylic oxidation sites excluding steroid dienone is 1. The first kappa shape index (κ1) is 19.3. The number of anilines is 3. The minimum absolute atomic E-state index is 0.0315. The second kappa shape index (κ2) is 7.57. The van der Waals surface area contributed by atoms with E-state index < -0.39 is 0 Å². The molecule has 1 aromatic carbocycles. The molecule has 0 spiro atoms. The highest BCUT2D eigenvalue weighted by Crippen LogP contribution is 2.45. The second-order valence-corrected chi connectivity index (χ2v) is 8.23. The molecule has 0 radical (unpaired) electrons. The average molecular weight is 419 g/mol. The van der Waals surface area contributed by atoms with Crippen LogP contribution in [-0.2, 0) is 4.79 Å². The van der Waals surface area contributed by atoms with Gasteiger partial charge in [-0.15, -0.1) is 0 Å². The van der Waals surface area contributed by atoms with Crippen molar-refractivity contribution in [2.24, 2.45) is 17.8 Å². The maximum atomic E-state index is 12.9. The highest BCUT2D eigenvalue weighted by atomic mass is 16.5. The van der Waals surface area contributed by atoms with Crippen LogP contribution in [-0.4, -0.2) is 58.0 Å². The average Bonchev–Trinajstić information content (AvgIpc) is 3.49. The topological polar surface area (TPSA) is 108 Å². The van der Waals surface area contributed by atoms with Gasteiger partial charge in [0.1, 0.15) is 11.3 Å². The molecule has 0 saturated heterocycles. The Kier molecular flexibility index (Phi) is 4.72. The van der Waals surface area contributed by atoms with Gasteiger partial charge < -0.3 is 25.3 Å². The number of carbonyl (C=O) groups is 1. The summed E-state index contributed by atoms with van der Waals surface area (Å²) in [5.74, 6) is 2.36. The van der Waals surface area contributed by atoms with E-state index in [1.54, 1.807) is 18.3 Å². The van der Waals surface area contributed by atoms with Crippen molar-refractivity contribution in [2.75, 3.05) is 31.8 Å². The highest BCUT2D eigenvalue weighted by molar-refractivity contribution is 5.86. The Balaban J connectivity index is 1.47. The lowest BCUT2D eigenvalue weighted by atomic mass is 9.87. The van der Waals surface area contributed by atoms with E-state index in [1.165, 1.54) is 0 Å². The predicted octanol–water partition coefficient (Wildman–Crippen LogP) is 2.80. The van der Waals surface area contributed by atoms with Crippen LogP contribution < -0.4 is 15.4 Å². The van der Waals surface area contributed by atoms with Crippen LogP contribution in [0.25, 0.3) is 11.2 Å². The third-order valence-corrected chi connectivity index (χ3v) is 6.10. The largest absolute Gasteiger partial charge is 0.497 e. The van der Waals surface area contributed by atoms with Crippen LogP contribution in [0.15, 0.2) is 42.7 Å². The number of aromatic nitrogens is 4. The fraction of sp³-hybridized carbons (Fsp3) is 0.364. The number of benzene rings is 1. The molecule has 4 atom stereocenters. The maximum Gasteiger partial charge on any atom is 0.231 e. The second-order valence-electron chi connectivity index (χ2n) is 8.23. The van der Waals surface area contributed by atoms with E-state index in [1.807, 2.05) is 38.4 Å². The minimum Gasteiger partial charge on any atom is -0.497 e.